The summed E-state index contributed by atoms with van der Waals surface area (Å²) >= 11 is 10.5. The first-order valence-corrected chi connectivity index (χ1v) is 8.24. The maximum Gasteiger partial charge on any atom is 0.270 e. The molecule has 0 aromatic heterocycles. The van der Waals surface area contributed by atoms with Crippen LogP contribution in [0, 0.1) is 10.1 Å². The molecule has 0 aliphatic heterocycles. The van der Waals surface area contributed by atoms with Crippen molar-refractivity contribution in [3.05, 3.63) is 62.1 Å². The number of amides is 1. The van der Waals surface area contributed by atoms with Gasteiger partial charge in [0, 0.05) is 21.5 Å². The second-order valence-corrected chi connectivity index (χ2v) is 6.47. The normalized spacial score (nSPS) is 10.3. The predicted octanol–water partition coefficient (Wildman–Crippen LogP) is 4.74. The molecule has 0 fully saturated rings. The van der Waals surface area contributed by atoms with E-state index in [-0.39, 0.29) is 17.3 Å². The summed E-state index contributed by atoms with van der Waals surface area (Å²) in [4.78, 5) is 22.9. The molecule has 1 amide bonds. The quantitative estimate of drug-likeness (QED) is 0.446. The zero-order valence-electron chi connectivity index (χ0n) is 11.1. The van der Waals surface area contributed by atoms with Gasteiger partial charge in [0.25, 0.3) is 5.69 Å². The van der Waals surface area contributed by atoms with Gasteiger partial charge in [-0.25, -0.2) is 0 Å². The van der Waals surface area contributed by atoms with E-state index in [1.165, 1.54) is 30.0 Å². The number of benzene rings is 2. The Balaban J connectivity index is 1.98. The van der Waals surface area contributed by atoms with Gasteiger partial charge in [0.2, 0.25) is 5.91 Å². The number of non-ortho nitro benzene ring substituents is 1. The largest absolute Gasteiger partial charge is 0.324 e. The van der Waals surface area contributed by atoms with E-state index in [1.807, 2.05) is 18.2 Å². The molecule has 0 unspecified atom stereocenters. The Morgan fingerprint density at radius 1 is 1.32 bits per heavy atom. The first-order chi connectivity index (χ1) is 10.5. The molecule has 8 heteroatoms. The number of rotatable bonds is 5. The molecular formula is C14H10BrClN2O3S. The van der Waals surface area contributed by atoms with Crippen LogP contribution in [-0.2, 0) is 4.79 Å². The van der Waals surface area contributed by atoms with E-state index in [4.69, 9.17) is 11.6 Å². The van der Waals surface area contributed by atoms with Crippen molar-refractivity contribution >= 4 is 56.6 Å². The Hall–Kier alpha value is -1.57. The van der Waals surface area contributed by atoms with Gasteiger partial charge in [0.1, 0.15) is 0 Å². The number of anilines is 1. The van der Waals surface area contributed by atoms with E-state index in [1.54, 1.807) is 6.07 Å². The van der Waals surface area contributed by atoms with E-state index in [0.717, 1.165) is 4.90 Å². The van der Waals surface area contributed by atoms with Gasteiger partial charge in [-0.3, -0.25) is 14.9 Å². The Kier molecular flexibility index (Phi) is 5.82. The predicted molar refractivity (Wildman–Crippen MR) is 91.6 cm³/mol. The summed E-state index contributed by atoms with van der Waals surface area (Å²) in [5.74, 6) is -0.0351. The van der Waals surface area contributed by atoms with Crippen LogP contribution in [0.1, 0.15) is 0 Å². The second kappa shape index (κ2) is 7.62. The third-order valence-electron chi connectivity index (χ3n) is 2.63. The molecule has 0 saturated heterocycles. The maximum absolute atomic E-state index is 11.9. The van der Waals surface area contributed by atoms with Gasteiger partial charge in [-0.05, 0) is 34.1 Å². The van der Waals surface area contributed by atoms with Gasteiger partial charge in [-0.2, -0.15) is 0 Å². The minimum atomic E-state index is -0.496. The summed E-state index contributed by atoms with van der Waals surface area (Å²) in [5, 5.41) is 13.9. The molecule has 0 heterocycles. The number of nitrogens with zero attached hydrogens (tertiary/aromatic N) is 1. The molecule has 2 aromatic rings. The highest BCUT2D eigenvalue weighted by atomic mass is 79.9. The zero-order valence-corrected chi connectivity index (χ0v) is 14.2. The number of nitrogens with one attached hydrogen (secondary N) is 1. The summed E-state index contributed by atoms with van der Waals surface area (Å²) < 4.78 is 0.456. The van der Waals surface area contributed by atoms with Crippen LogP contribution in [0.25, 0.3) is 0 Å². The summed E-state index contributed by atoms with van der Waals surface area (Å²) in [6.45, 7) is 0. The minimum Gasteiger partial charge on any atom is -0.324 e. The third kappa shape index (κ3) is 4.46. The average Bonchev–Trinajstić information content (AvgIpc) is 2.48. The fourth-order valence-electron chi connectivity index (χ4n) is 1.61. The van der Waals surface area contributed by atoms with Crippen molar-refractivity contribution < 1.29 is 9.72 Å². The SMILES string of the molecule is O=C(CSc1ccccc1Cl)Nc1ccc([N+](=O)[O-])cc1Br. The van der Waals surface area contributed by atoms with Gasteiger partial charge in [0.15, 0.2) is 0 Å². The van der Waals surface area contributed by atoms with Crippen molar-refractivity contribution in [3.8, 4) is 0 Å². The van der Waals surface area contributed by atoms with Crippen LogP contribution in [0.3, 0.4) is 0 Å². The highest BCUT2D eigenvalue weighted by molar-refractivity contribution is 9.10. The summed E-state index contributed by atoms with van der Waals surface area (Å²) in [7, 11) is 0. The van der Waals surface area contributed by atoms with E-state index in [2.05, 4.69) is 21.2 Å². The van der Waals surface area contributed by atoms with Gasteiger partial charge in [0.05, 0.1) is 21.4 Å². The van der Waals surface area contributed by atoms with Crippen molar-refractivity contribution in [1.82, 2.24) is 0 Å². The Morgan fingerprint density at radius 3 is 2.68 bits per heavy atom. The van der Waals surface area contributed by atoms with Crippen LogP contribution in [0.15, 0.2) is 51.8 Å². The lowest BCUT2D eigenvalue weighted by atomic mass is 10.3. The first-order valence-electron chi connectivity index (χ1n) is 6.08. The zero-order chi connectivity index (χ0) is 16.1. The lowest BCUT2D eigenvalue weighted by Gasteiger charge is -2.08. The van der Waals surface area contributed by atoms with Crippen LogP contribution in [0.5, 0.6) is 0 Å². The molecule has 5 nitrogen and oxygen atoms in total. The lowest BCUT2D eigenvalue weighted by Crippen LogP contribution is -2.14. The van der Waals surface area contributed by atoms with Crippen LogP contribution in [0.2, 0.25) is 5.02 Å². The summed E-state index contributed by atoms with van der Waals surface area (Å²) in [6.07, 6.45) is 0. The highest BCUT2D eigenvalue weighted by Crippen LogP contribution is 2.29. The minimum absolute atomic E-state index is 0.0460. The van der Waals surface area contributed by atoms with Crippen molar-refractivity contribution in [2.75, 3.05) is 11.1 Å². The number of carbonyl (C=O) groups excluding carboxylic acids is 1. The Labute approximate surface area is 144 Å². The summed E-state index contributed by atoms with van der Waals surface area (Å²) in [6, 6.07) is 11.4. The maximum atomic E-state index is 11.9. The fraction of sp³-hybridized carbons (Fsp3) is 0.0714. The number of carbonyl (C=O) groups is 1. The molecular weight excluding hydrogens is 392 g/mol. The van der Waals surface area contributed by atoms with Crippen molar-refractivity contribution in [2.24, 2.45) is 0 Å². The van der Waals surface area contributed by atoms with Crippen LogP contribution < -0.4 is 5.32 Å². The number of halogens is 2. The Morgan fingerprint density at radius 2 is 2.05 bits per heavy atom. The molecule has 0 spiro atoms. The van der Waals surface area contributed by atoms with Crippen molar-refractivity contribution in [1.29, 1.82) is 0 Å². The number of hydrogen-bond donors (Lipinski definition) is 1. The van der Waals surface area contributed by atoms with Gasteiger partial charge in [-0.15, -0.1) is 11.8 Å². The Bertz CT molecular complexity index is 727. The first kappa shape index (κ1) is 16.8. The molecule has 0 atom stereocenters. The molecule has 1 N–H and O–H groups in total. The second-order valence-electron chi connectivity index (χ2n) is 4.19. The topological polar surface area (TPSA) is 72.2 Å². The van der Waals surface area contributed by atoms with Crippen LogP contribution in [-0.4, -0.2) is 16.6 Å². The molecule has 0 aliphatic carbocycles. The molecule has 114 valence electrons. The highest BCUT2D eigenvalue weighted by Gasteiger charge is 2.12. The van der Waals surface area contributed by atoms with Crippen LogP contribution >= 0.6 is 39.3 Å². The lowest BCUT2D eigenvalue weighted by molar-refractivity contribution is -0.384. The van der Waals surface area contributed by atoms with E-state index in [9.17, 15) is 14.9 Å². The number of thioether (sulfide) groups is 1. The van der Waals surface area contributed by atoms with Gasteiger partial charge < -0.3 is 5.32 Å². The molecule has 0 bridgehead atoms. The molecule has 0 radical (unpaired) electrons. The molecule has 2 rings (SSSR count). The third-order valence-corrected chi connectivity index (χ3v) is 4.80. The monoisotopic (exact) mass is 400 g/mol. The van der Waals surface area contributed by atoms with Crippen molar-refractivity contribution in [2.45, 2.75) is 4.90 Å². The molecule has 0 saturated carbocycles. The van der Waals surface area contributed by atoms with Crippen molar-refractivity contribution in [3.63, 3.8) is 0 Å². The molecule has 2 aromatic carbocycles. The average molecular weight is 402 g/mol. The number of hydrogen-bond acceptors (Lipinski definition) is 4. The number of nitro groups is 1. The molecule has 0 aliphatic rings. The molecule has 22 heavy (non-hydrogen) atoms. The smallest absolute Gasteiger partial charge is 0.270 e. The standard InChI is InChI=1S/C14H10BrClN2O3S/c15-10-7-9(18(20)21)5-6-12(10)17-14(19)8-22-13-4-2-1-3-11(13)16/h1-7H,8H2,(H,17,19). The number of nitro benzene ring substituents is 1. The fourth-order valence-corrected chi connectivity index (χ4v) is 3.12. The van der Waals surface area contributed by atoms with E-state index in [0.29, 0.717) is 15.2 Å². The summed E-state index contributed by atoms with van der Waals surface area (Å²) in [5.41, 5.74) is 0.436. The van der Waals surface area contributed by atoms with E-state index >= 15 is 0 Å². The van der Waals surface area contributed by atoms with Crippen LogP contribution in [0.4, 0.5) is 11.4 Å². The van der Waals surface area contributed by atoms with Gasteiger partial charge >= 0.3 is 0 Å². The van der Waals surface area contributed by atoms with Gasteiger partial charge in [-0.1, -0.05) is 23.7 Å². The van der Waals surface area contributed by atoms with E-state index < -0.39 is 4.92 Å².